The Morgan fingerprint density at radius 2 is 1.84 bits per heavy atom. The average Bonchev–Trinajstić information content (AvgIpc) is 2.22. The van der Waals surface area contributed by atoms with Crippen molar-refractivity contribution in [3.63, 3.8) is 0 Å². The molecule has 0 aliphatic rings. The Kier molecular flexibility index (Phi) is 7.49. The first-order valence-electron chi connectivity index (χ1n) is 6.93. The van der Waals surface area contributed by atoms with Gasteiger partial charge in [0.15, 0.2) is 0 Å². The number of hydrogen-bond donors (Lipinski definition) is 3. The Morgan fingerprint density at radius 3 is 2.26 bits per heavy atom. The van der Waals surface area contributed by atoms with Crippen LogP contribution >= 0.6 is 0 Å². The zero-order valence-corrected chi connectivity index (χ0v) is 12.7. The van der Waals surface area contributed by atoms with E-state index < -0.39 is 11.9 Å². The smallest absolute Gasteiger partial charge is 0.315 e. The van der Waals surface area contributed by atoms with E-state index in [9.17, 15) is 9.59 Å². The van der Waals surface area contributed by atoms with Gasteiger partial charge in [0, 0.05) is 12.6 Å². The summed E-state index contributed by atoms with van der Waals surface area (Å²) in [5, 5.41) is 14.6. The molecule has 2 amide bonds. The molecule has 0 bridgehead atoms. The molecule has 3 N–H and O–H groups in total. The molecule has 0 saturated carbocycles. The molecule has 0 aromatic heterocycles. The van der Waals surface area contributed by atoms with Gasteiger partial charge in [0.1, 0.15) is 0 Å². The third-order valence-corrected chi connectivity index (χ3v) is 2.82. The van der Waals surface area contributed by atoms with E-state index in [-0.39, 0.29) is 24.0 Å². The SMILES string of the molecule is CCCC(C)NC(=O)NCC(CC(C)(C)C)C(=O)O. The van der Waals surface area contributed by atoms with Gasteiger partial charge in [0.05, 0.1) is 5.92 Å². The number of nitrogens with one attached hydrogen (secondary N) is 2. The normalized spacial score (nSPS) is 14.6. The topological polar surface area (TPSA) is 78.4 Å². The summed E-state index contributed by atoms with van der Waals surface area (Å²) in [7, 11) is 0. The van der Waals surface area contributed by atoms with E-state index in [2.05, 4.69) is 17.6 Å². The van der Waals surface area contributed by atoms with E-state index >= 15 is 0 Å². The first kappa shape index (κ1) is 17.7. The van der Waals surface area contributed by atoms with Crippen molar-refractivity contribution in [1.29, 1.82) is 0 Å². The second kappa shape index (κ2) is 8.02. The van der Waals surface area contributed by atoms with Crippen molar-refractivity contribution in [2.24, 2.45) is 11.3 Å². The van der Waals surface area contributed by atoms with Gasteiger partial charge in [-0.2, -0.15) is 0 Å². The highest BCUT2D eigenvalue weighted by Crippen LogP contribution is 2.24. The number of carbonyl (C=O) groups is 2. The predicted molar refractivity (Wildman–Crippen MR) is 76.1 cm³/mol. The number of carboxylic acid groups (broad SMARTS) is 1. The molecule has 0 aromatic carbocycles. The summed E-state index contributed by atoms with van der Waals surface area (Å²) in [5.74, 6) is -1.41. The molecule has 0 aliphatic carbocycles. The van der Waals surface area contributed by atoms with Crippen molar-refractivity contribution in [3.8, 4) is 0 Å². The van der Waals surface area contributed by atoms with Gasteiger partial charge in [-0.15, -0.1) is 0 Å². The van der Waals surface area contributed by atoms with E-state index in [1.807, 2.05) is 27.7 Å². The van der Waals surface area contributed by atoms with Crippen molar-refractivity contribution < 1.29 is 14.7 Å². The monoisotopic (exact) mass is 272 g/mol. The second-order valence-corrected chi connectivity index (χ2v) is 6.34. The van der Waals surface area contributed by atoms with Crippen LogP contribution in [0.5, 0.6) is 0 Å². The lowest BCUT2D eigenvalue weighted by Gasteiger charge is -2.23. The number of aliphatic carboxylic acids is 1. The third-order valence-electron chi connectivity index (χ3n) is 2.82. The van der Waals surface area contributed by atoms with E-state index in [0.29, 0.717) is 6.42 Å². The minimum atomic E-state index is -0.864. The molecule has 0 aromatic rings. The summed E-state index contributed by atoms with van der Waals surface area (Å²) in [4.78, 5) is 22.7. The minimum Gasteiger partial charge on any atom is -0.481 e. The minimum absolute atomic E-state index is 0.0727. The summed E-state index contributed by atoms with van der Waals surface area (Å²) in [6.45, 7) is 10.1. The van der Waals surface area contributed by atoms with E-state index in [4.69, 9.17) is 5.11 Å². The number of rotatable bonds is 7. The second-order valence-electron chi connectivity index (χ2n) is 6.34. The molecule has 0 rings (SSSR count). The van der Waals surface area contributed by atoms with Gasteiger partial charge in [-0.05, 0) is 25.2 Å². The fourth-order valence-electron chi connectivity index (χ4n) is 1.98. The Morgan fingerprint density at radius 1 is 1.26 bits per heavy atom. The van der Waals surface area contributed by atoms with Gasteiger partial charge in [0.2, 0.25) is 0 Å². The van der Waals surface area contributed by atoms with E-state index in [1.165, 1.54) is 0 Å². The van der Waals surface area contributed by atoms with Crippen molar-refractivity contribution in [2.45, 2.75) is 59.9 Å². The Hall–Kier alpha value is -1.26. The van der Waals surface area contributed by atoms with Crippen LogP contribution in [-0.2, 0) is 4.79 Å². The molecule has 0 aliphatic heterocycles. The van der Waals surface area contributed by atoms with Gasteiger partial charge < -0.3 is 15.7 Å². The molecule has 112 valence electrons. The number of carbonyl (C=O) groups excluding carboxylic acids is 1. The summed E-state index contributed by atoms with van der Waals surface area (Å²) < 4.78 is 0. The van der Waals surface area contributed by atoms with Crippen molar-refractivity contribution in [3.05, 3.63) is 0 Å². The van der Waals surface area contributed by atoms with Gasteiger partial charge in [-0.25, -0.2) is 4.79 Å². The van der Waals surface area contributed by atoms with Crippen LogP contribution in [-0.4, -0.2) is 29.7 Å². The maximum absolute atomic E-state index is 11.6. The number of hydrogen-bond acceptors (Lipinski definition) is 2. The average molecular weight is 272 g/mol. The van der Waals surface area contributed by atoms with Crippen LogP contribution in [0.4, 0.5) is 4.79 Å². The summed E-state index contributed by atoms with van der Waals surface area (Å²) in [5.41, 5.74) is -0.0727. The van der Waals surface area contributed by atoms with Crippen LogP contribution < -0.4 is 10.6 Å². The van der Waals surface area contributed by atoms with Crippen LogP contribution in [0.25, 0.3) is 0 Å². The van der Waals surface area contributed by atoms with Crippen molar-refractivity contribution in [1.82, 2.24) is 10.6 Å². The molecular weight excluding hydrogens is 244 g/mol. The Bertz CT molecular complexity index is 298. The summed E-state index contributed by atoms with van der Waals surface area (Å²) in [6.07, 6.45) is 2.45. The summed E-state index contributed by atoms with van der Waals surface area (Å²) >= 11 is 0. The van der Waals surface area contributed by atoms with Crippen LogP contribution in [0.2, 0.25) is 0 Å². The van der Waals surface area contributed by atoms with Crippen LogP contribution in [0, 0.1) is 11.3 Å². The maximum atomic E-state index is 11.6. The molecule has 2 unspecified atom stereocenters. The predicted octanol–water partition coefficient (Wildman–Crippen LogP) is 2.61. The quantitative estimate of drug-likeness (QED) is 0.666. The highest BCUT2D eigenvalue weighted by molar-refractivity contribution is 5.76. The van der Waals surface area contributed by atoms with Crippen LogP contribution in [0.1, 0.15) is 53.9 Å². The fourth-order valence-corrected chi connectivity index (χ4v) is 1.98. The molecule has 19 heavy (non-hydrogen) atoms. The summed E-state index contributed by atoms with van der Waals surface area (Å²) in [6, 6.07) is -0.183. The molecule has 0 spiro atoms. The lowest BCUT2D eigenvalue weighted by Crippen LogP contribution is -2.44. The molecule has 0 fully saturated rings. The molecule has 0 saturated heterocycles. The highest BCUT2D eigenvalue weighted by atomic mass is 16.4. The lowest BCUT2D eigenvalue weighted by molar-refractivity contribution is -0.142. The van der Waals surface area contributed by atoms with Crippen molar-refractivity contribution >= 4 is 12.0 Å². The Labute approximate surface area is 116 Å². The zero-order valence-electron chi connectivity index (χ0n) is 12.7. The first-order valence-corrected chi connectivity index (χ1v) is 6.93. The zero-order chi connectivity index (χ0) is 15.1. The van der Waals surface area contributed by atoms with Gasteiger partial charge in [-0.3, -0.25) is 4.79 Å². The van der Waals surface area contributed by atoms with Crippen LogP contribution in [0.3, 0.4) is 0 Å². The first-order chi connectivity index (χ1) is 8.65. The van der Waals surface area contributed by atoms with Gasteiger partial charge >= 0.3 is 12.0 Å². The molecule has 2 atom stereocenters. The third kappa shape index (κ3) is 9.33. The number of urea groups is 1. The fraction of sp³-hybridized carbons (Fsp3) is 0.857. The van der Waals surface area contributed by atoms with Gasteiger partial charge in [-0.1, -0.05) is 34.1 Å². The van der Waals surface area contributed by atoms with Crippen LogP contribution in [0.15, 0.2) is 0 Å². The molecular formula is C14H28N2O3. The molecule has 5 heteroatoms. The highest BCUT2D eigenvalue weighted by Gasteiger charge is 2.25. The van der Waals surface area contributed by atoms with Gasteiger partial charge in [0.25, 0.3) is 0 Å². The largest absolute Gasteiger partial charge is 0.481 e. The maximum Gasteiger partial charge on any atom is 0.315 e. The van der Waals surface area contributed by atoms with Crippen molar-refractivity contribution in [2.75, 3.05) is 6.54 Å². The Balaban J connectivity index is 4.18. The number of carboxylic acids is 1. The van der Waals surface area contributed by atoms with E-state index in [1.54, 1.807) is 0 Å². The molecule has 0 heterocycles. The standard InChI is InChI=1S/C14H28N2O3/c1-6-7-10(2)16-13(19)15-9-11(12(17)18)8-14(3,4)5/h10-11H,6-9H2,1-5H3,(H,17,18)(H2,15,16,19). The molecule has 0 radical (unpaired) electrons. The van der Waals surface area contributed by atoms with E-state index in [0.717, 1.165) is 12.8 Å². The molecule has 5 nitrogen and oxygen atoms in total. The lowest BCUT2D eigenvalue weighted by atomic mass is 9.84. The number of amides is 2.